The molecule has 0 aromatic heterocycles. The van der Waals surface area contributed by atoms with E-state index in [0.717, 1.165) is 7.05 Å². The molecule has 72 valence electrons. The van der Waals surface area contributed by atoms with Crippen LogP contribution in [-0.4, -0.2) is 36.6 Å². The number of alkyl halides is 3. The van der Waals surface area contributed by atoms with Crippen LogP contribution in [0.1, 0.15) is 6.92 Å². The summed E-state index contributed by atoms with van der Waals surface area (Å²) in [5.74, 6) is -0.715. The molecule has 0 heterocycles. The number of nitrogens with two attached hydrogens (primary N) is 1. The Morgan fingerprint density at radius 3 is 2.25 bits per heavy atom. The van der Waals surface area contributed by atoms with Crippen LogP contribution in [0.25, 0.3) is 0 Å². The lowest BCUT2D eigenvalue weighted by Crippen LogP contribution is -2.43. The third-order valence-electron chi connectivity index (χ3n) is 1.18. The number of hydrogen-bond acceptors (Lipinski definition) is 2. The van der Waals surface area contributed by atoms with Crippen LogP contribution < -0.4 is 5.73 Å². The zero-order chi connectivity index (χ0) is 9.94. The lowest BCUT2D eigenvalue weighted by Gasteiger charge is -2.20. The normalized spacial score (nSPS) is 14.2. The molecule has 1 amide bonds. The molecule has 0 aliphatic carbocycles. The fourth-order valence-electron chi connectivity index (χ4n) is 0.694. The van der Waals surface area contributed by atoms with Crippen LogP contribution in [0.15, 0.2) is 0 Å². The van der Waals surface area contributed by atoms with Crippen LogP contribution in [0.5, 0.6) is 0 Å². The number of nitrogens with zero attached hydrogens (tertiary/aromatic N) is 1. The number of halogens is 3. The largest absolute Gasteiger partial charge is 0.406 e. The smallest absolute Gasteiger partial charge is 0.335 e. The summed E-state index contributed by atoms with van der Waals surface area (Å²) in [6.07, 6.45) is -4.36. The molecule has 6 heteroatoms. The van der Waals surface area contributed by atoms with E-state index in [-0.39, 0.29) is 0 Å². The lowest BCUT2D eigenvalue weighted by molar-refractivity contribution is -0.158. The molecule has 0 bridgehead atoms. The molecule has 12 heavy (non-hydrogen) atoms. The van der Waals surface area contributed by atoms with E-state index in [4.69, 9.17) is 5.73 Å². The molecule has 0 saturated carbocycles. The summed E-state index contributed by atoms with van der Waals surface area (Å²) in [6.45, 7) is 0.0859. The Kier molecular flexibility index (Phi) is 3.51. The second-order valence-electron chi connectivity index (χ2n) is 2.60. The molecule has 0 aromatic rings. The van der Waals surface area contributed by atoms with E-state index in [9.17, 15) is 18.0 Å². The zero-order valence-corrected chi connectivity index (χ0v) is 6.85. The molecule has 2 N–H and O–H groups in total. The first-order chi connectivity index (χ1) is 5.24. The van der Waals surface area contributed by atoms with E-state index < -0.39 is 24.7 Å². The minimum atomic E-state index is -4.36. The first-order valence-corrected chi connectivity index (χ1v) is 3.31. The highest BCUT2D eigenvalue weighted by atomic mass is 19.4. The Morgan fingerprint density at radius 1 is 1.58 bits per heavy atom. The molecular weight excluding hydrogens is 173 g/mol. The lowest BCUT2D eigenvalue weighted by atomic mass is 10.3. The second-order valence-corrected chi connectivity index (χ2v) is 2.60. The van der Waals surface area contributed by atoms with Gasteiger partial charge in [-0.3, -0.25) is 4.79 Å². The molecule has 0 unspecified atom stereocenters. The van der Waals surface area contributed by atoms with Crippen molar-refractivity contribution in [3.63, 3.8) is 0 Å². The third kappa shape index (κ3) is 4.17. The average Bonchev–Trinajstić information content (AvgIpc) is 1.82. The fraction of sp³-hybridized carbons (Fsp3) is 0.833. The van der Waals surface area contributed by atoms with Crippen molar-refractivity contribution >= 4 is 5.91 Å². The van der Waals surface area contributed by atoms with Crippen molar-refractivity contribution in [1.29, 1.82) is 0 Å². The van der Waals surface area contributed by atoms with Crippen molar-refractivity contribution in [3.8, 4) is 0 Å². The predicted molar refractivity (Wildman–Crippen MR) is 37.3 cm³/mol. The van der Waals surface area contributed by atoms with Crippen molar-refractivity contribution in [2.24, 2.45) is 5.73 Å². The molecule has 0 saturated heterocycles. The van der Waals surface area contributed by atoms with E-state index in [1.54, 1.807) is 0 Å². The fourth-order valence-corrected chi connectivity index (χ4v) is 0.694. The maximum atomic E-state index is 11.7. The van der Waals surface area contributed by atoms with E-state index >= 15 is 0 Å². The van der Waals surface area contributed by atoms with Crippen molar-refractivity contribution in [3.05, 3.63) is 0 Å². The van der Waals surface area contributed by atoms with Gasteiger partial charge >= 0.3 is 6.18 Å². The van der Waals surface area contributed by atoms with Crippen LogP contribution in [0, 0.1) is 0 Å². The highest BCUT2D eigenvalue weighted by molar-refractivity contribution is 5.80. The summed E-state index contributed by atoms with van der Waals surface area (Å²) in [4.78, 5) is 11.4. The molecule has 0 fully saturated rings. The topological polar surface area (TPSA) is 46.3 Å². The van der Waals surface area contributed by atoms with Crippen LogP contribution >= 0.6 is 0 Å². The van der Waals surface area contributed by atoms with Crippen LogP contribution in [0.3, 0.4) is 0 Å². The highest BCUT2D eigenvalue weighted by Crippen LogP contribution is 2.15. The Balaban J connectivity index is 4.05. The number of hydrogen-bond donors (Lipinski definition) is 1. The van der Waals surface area contributed by atoms with Gasteiger partial charge in [0, 0.05) is 7.05 Å². The summed E-state index contributed by atoms with van der Waals surface area (Å²) in [6, 6.07) is -0.891. The van der Waals surface area contributed by atoms with E-state index in [0.29, 0.717) is 4.90 Å². The summed E-state index contributed by atoms with van der Waals surface area (Å²) in [5, 5.41) is 0. The molecule has 1 atom stereocenters. The Bertz CT molecular complexity index is 167. The van der Waals surface area contributed by atoms with Gasteiger partial charge < -0.3 is 10.6 Å². The molecule has 0 rings (SSSR count). The van der Waals surface area contributed by atoms with Gasteiger partial charge in [-0.25, -0.2) is 0 Å². The van der Waals surface area contributed by atoms with E-state index in [1.807, 2.05) is 0 Å². The second kappa shape index (κ2) is 3.75. The molecule has 0 radical (unpaired) electrons. The van der Waals surface area contributed by atoms with Crippen LogP contribution in [0.2, 0.25) is 0 Å². The van der Waals surface area contributed by atoms with Crippen LogP contribution in [0.4, 0.5) is 13.2 Å². The van der Waals surface area contributed by atoms with Gasteiger partial charge in [0.05, 0.1) is 6.04 Å². The van der Waals surface area contributed by atoms with Crippen LogP contribution in [-0.2, 0) is 4.79 Å². The first-order valence-electron chi connectivity index (χ1n) is 3.31. The SMILES string of the molecule is C[C@H](N)C(=O)N(C)CC(F)(F)F. The Labute approximate surface area is 68.3 Å². The maximum Gasteiger partial charge on any atom is 0.406 e. The maximum absolute atomic E-state index is 11.7. The molecule has 0 aliphatic heterocycles. The molecule has 0 aromatic carbocycles. The first kappa shape index (κ1) is 11.2. The number of amides is 1. The van der Waals surface area contributed by atoms with Gasteiger partial charge in [-0.15, -0.1) is 0 Å². The van der Waals surface area contributed by atoms with Gasteiger partial charge in [-0.1, -0.05) is 0 Å². The Morgan fingerprint density at radius 2 is 2.00 bits per heavy atom. The van der Waals surface area contributed by atoms with E-state index in [2.05, 4.69) is 0 Å². The quantitative estimate of drug-likeness (QED) is 0.673. The van der Waals surface area contributed by atoms with Gasteiger partial charge in [0.2, 0.25) is 5.91 Å². The van der Waals surface area contributed by atoms with Crippen molar-refractivity contribution in [2.45, 2.75) is 19.1 Å². The third-order valence-corrected chi connectivity index (χ3v) is 1.18. The monoisotopic (exact) mass is 184 g/mol. The number of rotatable bonds is 2. The average molecular weight is 184 g/mol. The summed E-state index contributed by atoms with van der Waals surface area (Å²) < 4.78 is 35.1. The predicted octanol–water partition coefficient (Wildman–Crippen LogP) is 0.354. The zero-order valence-electron chi connectivity index (χ0n) is 6.85. The number of carbonyl (C=O) groups excluding carboxylic acids is 1. The summed E-state index contributed by atoms with van der Waals surface area (Å²) in [5.41, 5.74) is 5.10. The summed E-state index contributed by atoms with van der Waals surface area (Å²) in [7, 11) is 1.07. The number of likely N-dealkylation sites (N-methyl/N-ethyl adjacent to an activating group) is 1. The van der Waals surface area contributed by atoms with Gasteiger partial charge in [0.25, 0.3) is 0 Å². The highest BCUT2D eigenvalue weighted by Gasteiger charge is 2.31. The van der Waals surface area contributed by atoms with Gasteiger partial charge in [-0.2, -0.15) is 13.2 Å². The minimum Gasteiger partial charge on any atom is -0.335 e. The van der Waals surface area contributed by atoms with Gasteiger partial charge in [0.15, 0.2) is 0 Å². The van der Waals surface area contributed by atoms with Crippen molar-refractivity contribution in [1.82, 2.24) is 4.90 Å². The molecule has 3 nitrogen and oxygen atoms in total. The van der Waals surface area contributed by atoms with Gasteiger partial charge in [-0.05, 0) is 6.92 Å². The molecule has 0 spiro atoms. The molecule has 0 aliphatic rings. The number of carbonyl (C=O) groups is 1. The molecular formula is C6H11F3N2O. The van der Waals surface area contributed by atoms with Gasteiger partial charge in [0.1, 0.15) is 6.54 Å². The standard InChI is InChI=1S/C6H11F3N2O/c1-4(10)5(12)11(2)3-6(7,8)9/h4H,3,10H2,1-2H3/t4-/m0/s1. The summed E-state index contributed by atoms with van der Waals surface area (Å²) >= 11 is 0. The minimum absolute atomic E-state index is 0.560. The van der Waals surface area contributed by atoms with Crippen molar-refractivity contribution < 1.29 is 18.0 Å². The van der Waals surface area contributed by atoms with E-state index in [1.165, 1.54) is 6.92 Å². The Hall–Kier alpha value is -0.780. The van der Waals surface area contributed by atoms with Crippen molar-refractivity contribution in [2.75, 3.05) is 13.6 Å².